The van der Waals surface area contributed by atoms with Crippen molar-refractivity contribution in [3.63, 3.8) is 0 Å². The van der Waals surface area contributed by atoms with E-state index >= 15 is 0 Å². The largest absolute Gasteiger partial charge is 0.460 e. The third-order valence-electron chi connectivity index (χ3n) is 15.4. The molecule has 426 valence electrons. The van der Waals surface area contributed by atoms with Gasteiger partial charge in [0.1, 0.15) is 36.7 Å². The second-order valence-corrected chi connectivity index (χ2v) is 21.5. The Morgan fingerprint density at radius 1 is 0.853 bits per heavy atom. The van der Waals surface area contributed by atoms with Gasteiger partial charge in [0, 0.05) is 51.4 Å². The average molecular weight is 1070 g/mol. The summed E-state index contributed by atoms with van der Waals surface area (Å²) in [6, 6.07) is -1.23. The molecule has 3 N–H and O–H groups in total. The fourth-order valence-corrected chi connectivity index (χ4v) is 10.8. The number of fused-ring (bicyclic) bond motifs is 3. The summed E-state index contributed by atoms with van der Waals surface area (Å²) >= 11 is 0. The van der Waals surface area contributed by atoms with Crippen LogP contribution in [0.1, 0.15) is 126 Å². The molecule has 3 unspecified atom stereocenters. The second-order valence-electron chi connectivity index (χ2n) is 21.5. The number of piperidine rings is 1. The number of hydrogen-bond donors (Lipinski definition) is 3. The summed E-state index contributed by atoms with van der Waals surface area (Å²) in [6.07, 6.45) is 4.90. The van der Waals surface area contributed by atoms with Gasteiger partial charge in [0.2, 0.25) is 5.79 Å². The number of ether oxygens (including phenoxy) is 7. The first-order valence-electron chi connectivity index (χ1n) is 26.9. The molecule has 1 saturated carbocycles. The number of carbonyl (C=O) groups is 5. The summed E-state index contributed by atoms with van der Waals surface area (Å²) in [7, 11) is 2.94. The lowest BCUT2D eigenvalue weighted by Gasteiger charge is -2.43. The van der Waals surface area contributed by atoms with Crippen molar-refractivity contribution in [2.24, 2.45) is 35.5 Å². The maximum Gasteiger partial charge on any atom is 0.411 e. The summed E-state index contributed by atoms with van der Waals surface area (Å²) in [6.45, 7) is 10.2. The molecule has 4 aliphatic rings. The Morgan fingerprint density at radius 3 is 2.27 bits per heavy atom. The highest BCUT2D eigenvalue weighted by Gasteiger charge is 2.53. The quantitative estimate of drug-likeness (QED) is 0.0723. The number of hydrogen-bond acceptors (Lipinski definition) is 15. The molecule has 3 heterocycles. The molecular weight excluding hydrogens is 984 g/mol. The number of aliphatic hydroxyl groups is 3. The summed E-state index contributed by atoms with van der Waals surface area (Å²) in [5.74, 6) is -8.98. The SMILES string of the molecule is CO[C@@H]1CC(C[C@@H](C)C2CC(=O)[C@H](C)/C=C(\C)[C@@H](O)[C@@H](OC)C(=O)[C@H](C)C[C@H](C)\C=C/C=C/C=C(\C)C(OCCOCC(F)(F)F)C[C@@H]3CC[C@@H](C)[C@@](O)(O3)C(=O)C(=O)N3CCCC[C@H]3C(=O)O2)CC[C@H]1OCCO. The number of alkyl halides is 3. The zero-order chi connectivity index (χ0) is 55.6. The van der Waals surface area contributed by atoms with Gasteiger partial charge >= 0.3 is 12.1 Å². The molecule has 3 aliphatic heterocycles. The van der Waals surface area contributed by atoms with Crippen LogP contribution in [-0.4, -0.2) is 164 Å². The van der Waals surface area contributed by atoms with Crippen LogP contribution in [0.4, 0.5) is 13.2 Å². The van der Waals surface area contributed by atoms with E-state index in [1.165, 1.54) is 7.11 Å². The van der Waals surface area contributed by atoms with Crippen LogP contribution in [0.15, 0.2) is 47.6 Å². The molecule has 1 aliphatic carbocycles. The van der Waals surface area contributed by atoms with Crippen molar-refractivity contribution in [1.82, 2.24) is 4.90 Å². The molecule has 2 saturated heterocycles. The number of methoxy groups -OCH3 is 2. The Kier molecular flexibility index (Phi) is 26.0. The lowest BCUT2D eigenvalue weighted by Crippen LogP contribution is -2.61. The van der Waals surface area contributed by atoms with Crippen LogP contribution in [-0.2, 0) is 57.1 Å². The van der Waals surface area contributed by atoms with Crippen molar-refractivity contribution in [2.75, 3.05) is 53.8 Å². The zero-order valence-corrected chi connectivity index (χ0v) is 45.6. The van der Waals surface area contributed by atoms with E-state index in [1.807, 2.05) is 19.9 Å². The number of halogens is 3. The van der Waals surface area contributed by atoms with Gasteiger partial charge in [-0.1, -0.05) is 71.1 Å². The first-order chi connectivity index (χ1) is 35.4. The van der Waals surface area contributed by atoms with Gasteiger partial charge < -0.3 is 53.4 Å². The van der Waals surface area contributed by atoms with Crippen LogP contribution < -0.4 is 0 Å². The maximum absolute atomic E-state index is 14.5. The van der Waals surface area contributed by atoms with E-state index in [2.05, 4.69) is 0 Å². The smallest absolute Gasteiger partial charge is 0.411 e. The molecule has 0 aromatic carbocycles. The summed E-state index contributed by atoms with van der Waals surface area (Å²) < 4.78 is 79.0. The van der Waals surface area contributed by atoms with Gasteiger partial charge in [-0.25, -0.2) is 4.79 Å². The molecule has 1 amide bonds. The minimum absolute atomic E-state index is 0.00247. The van der Waals surface area contributed by atoms with E-state index in [4.69, 9.17) is 33.2 Å². The van der Waals surface area contributed by atoms with Crippen molar-refractivity contribution in [2.45, 2.75) is 186 Å². The number of carbonyl (C=O) groups excluding carboxylic acids is 5. The minimum Gasteiger partial charge on any atom is -0.460 e. The van der Waals surface area contributed by atoms with E-state index in [1.54, 1.807) is 72.1 Å². The van der Waals surface area contributed by atoms with Crippen molar-refractivity contribution in [1.29, 1.82) is 0 Å². The Bertz CT molecular complexity index is 1990. The molecule has 0 aromatic heterocycles. The van der Waals surface area contributed by atoms with Gasteiger partial charge in [-0.2, -0.15) is 13.2 Å². The number of nitrogens with zero attached hydrogens (tertiary/aromatic N) is 1. The number of aliphatic hydroxyl groups excluding tert-OH is 2. The molecule has 3 fully saturated rings. The summed E-state index contributed by atoms with van der Waals surface area (Å²) in [5, 5.41) is 33.0. The van der Waals surface area contributed by atoms with Crippen molar-refractivity contribution in [3.8, 4) is 0 Å². The van der Waals surface area contributed by atoms with Crippen LogP contribution >= 0.6 is 0 Å². The number of allylic oxidation sites excluding steroid dienone is 6. The Balaban J connectivity index is 1.71. The second kappa shape index (κ2) is 30.5. The monoisotopic (exact) mass is 1070 g/mol. The third kappa shape index (κ3) is 19.0. The predicted octanol–water partition coefficient (Wildman–Crippen LogP) is 7.15. The van der Waals surface area contributed by atoms with Gasteiger partial charge in [0.05, 0.1) is 50.8 Å². The van der Waals surface area contributed by atoms with Crippen molar-refractivity contribution in [3.05, 3.63) is 47.6 Å². The van der Waals surface area contributed by atoms with Crippen LogP contribution in [0.25, 0.3) is 0 Å². The van der Waals surface area contributed by atoms with Crippen molar-refractivity contribution < 1.29 is 85.6 Å². The maximum atomic E-state index is 14.5. The van der Waals surface area contributed by atoms with Crippen LogP contribution in [0, 0.1) is 35.5 Å². The molecule has 16 nitrogen and oxygen atoms in total. The lowest BCUT2D eigenvalue weighted by atomic mass is 9.78. The highest BCUT2D eigenvalue weighted by molar-refractivity contribution is 6.39. The fraction of sp³-hybridized carbons (Fsp3) is 0.768. The molecular formula is C56H86F3NO15. The van der Waals surface area contributed by atoms with E-state index in [0.29, 0.717) is 56.1 Å². The van der Waals surface area contributed by atoms with E-state index < -0.39 is 96.5 Å². The lowest BCUT2D eigenvalue weighted by molar-refractivity contribution is -0.266. The molecule has 2 bridgehead atoms. The number of ketones is 3. The van der Waals surface area contributed by atoms with Gasteiger partial charge in [-0.15, -0.1) is 0 Å². The Morgan fingerprint density at radius 2 is 1.59 bits per heavy atom. The topological polar surface area (TPSA) is 214 Å². The number of rotatable bonds is 13. The van der Waals surface area contributed by atoms with Crippen LogP contribution in [0.5, 0.6) is 0 Å². The predicted molar refractivity (Wildman–Crippen MR) is 272 cm³/mol. The first-order valence-corrected chi connectivity index (χ1v) is 26.9. The van der Waals surface area contributed by atoms with Crippen molar-refractivity contribution >= 4 is 29.2 Å². The fourth-order valence-electron chi connectivity index (χ4n) is 10.8. The first kappa shape index (κ1) is 63.9. The Hall–Kier alpha value is -3.66. The minimum atomic E-state index is -4.53. The van der Waals surface area contributed by atoms with E-state index in [0.717, 1.165) is 11.3 Å². The van der Waals surface area contributed by atoms with E-state index in [-0.39, 0.29) is 94.3 Å². The number of cyclic esters (lactones) is 1. The van der Waals surface area contributed by atoms with E-state index in [9.17, 15) is 52.5 Å². The van der Waals surface area contributed by atoms with Gasteiger partial charge in [-0.3, -0.25) is 19.2 Å². The highest BCUT2D eigenvalue weighted by Crippen LogP contribution is 2.38. The normalized spacial score (nSPS) is 36.9. The Labute approximate surface area is 441 Å². The standard InChI is InChI=1S/C56H86F3NO15/c1-34-15-11-10-12-16-35(2)46(73-26-25-71-33-55(57,58)59)31-42-20-18-40(7)56(68,75-42)52(65)53(66)60-22-14-13-17-43(60)54(67)74-47(37(4)29-41-19-21-45(72-24-23-61)48(30-41)69-8)32-44(62)36(3)28-39(6)50(64)51(70-9)49(63)38(5)27-34/h10-12,15-16,28,34,36-38,40-43,45-48,50-51,61,64,68H,13-14,17-27,29-33H2,1-9H3/b12-10+,15-11-,35-16+,39-28+/t34-,36-,37-,38-,40-,41?,42+,43+,45-,46?,47?,48-,50-,51+,56-/m1/s1. The average Bonchev–Trinajstić information content (AvgIpc) is 3.37. The zero-order valence-electron chi connectivity index (χ0n) is 45.6. The molecule has 0 aromatic rings. The molecule has 19 heteroatoms. The van der Waals surface area contributed by atoms with Crippen LogP contribution in [0.3, 0.4) is 0 Å². The number of amides is 1. The number of esters is 1. The highest BCUT2D eigenvalue weighted by atomic mass is 19.4. The molecule has 4 rings (SSSR count). The third-order valence-corrected chi connectivity index (χ3v) is 15.4. The van der Waals surface area contributed by atoms with Gasteiger partial charge in [0.15, 0.2) is 5.78 Å². The number of Topliss-reactive ketones (excluding diaryl/α,β-unsaturated/α-hetero) is 3. The molecule has 75 heavy (non-hydrogen) atoms. The van der Waals surface area contributed by atoms with Gasteiger partial charge in [-0.05, 0) is 107 Å². The van der Waals surface area contributed by atoms with Crippen LogP contribution in [0.2, 0.25) is 0 Å². The van der Waals surface area contributed by atoms with Gasteiger partial charge in [0.25, 0.3) is 11.7 Å². The molecule has 0 spiro atoms. The summed E-state index contributed by atoms with van der Waals surface area (Å²) in [5.41, 5.74) is 0.982. The summed E-state index contributed by atoms with van der Waals surface area (Å²) in [4.78, 5) is 72.5. The molecule has 0 radical (unpaired) electrons. The molecule has 15 atom stereocenters.